The van der Waals surface area contributed by atoms with Gasteiger partial charge in [0.1, 0.15) is 0 Å². The maximum atomic E-state index is 4.48. The fourth-order valence-corrected chi connectivity index (χ4v) is 5.76. The number of nitrogens with one attached hydrogen (secondary N) is 1. The molecule has 0 aliphatic rings. The molecule has 2 heteroatoms. The third-order valence-corrected chi connectivity index (χ3v) is 8.66. The van der Waals surface area contributed by atoms with Crippen LogP contribution in [0.2, 0.25) is 0 Å². The molecule has 0 saturated heterocycles. The van der Waals surface area contributed by atoms with Gasteiger partial charge in [-0.1, -0.05) is 195 Å². The molecule has 0 heterocycles. The number of hydrogen-bond donors (Lipinski definition) is 1. The molecule has 0 aliphatic carbocycles. The van der Waals surface area contributed by atoms with Crippen LogP contribution in [0, 0.1) is 0 Å². The first-order chi connectivity index (χ1) is 25.8. The molecule has 5 aromatic carbocycles. The number of aliphatic imine (C=N–C) groups is 1. The molecular formula is C51H64N2. The van der Waals surface area contributed by atoms with Gasteiger partial charge in [0.05, 0.1) is 0 Å². The second kappa shape index (κ2) is 24.9. The molecule has 53 heavy (non-hydrogen) atoms. The summed E-state index contributed by atoms with van der Waals surface area (Å²) >= 11 is 0. The van der Waals surface area contributed by atoms with Crippen LogP contribution in [0.4, 0.5) is 0 Å². The molecule has 1 N–H and O–H groups in total. The molecule has 0 bridgehead atoms. The highest BCUT2D eigenvalue weighted by molar-refractivity contribution is 5.88. The van der Waals surface area contributed by atoms with Crippen LogP contribution in [0.3, 0.4) is 0 Å². The first kappa shape index (κ1) is 44.0. The lowest BCUT2D eigenvalue weighted by atomic mass is 9.91. The molecule has 0 fully saturated rings. The lowest BCUT2D eigenvalue weighted by Gasteiger charge is -2.14. The van der Waals surface area contributed by atoms with Crippen molar-refractivity contribution < 1.29 is 0 Å². The average molecular weight is 705 g/mol. The Morgan fingerprint density at radius 2 is 1.45 bits per heavy atom. The van der Waals surface area contributed by atoms with Crippen molar-refractivity contribution in [1.82, 2.24) is 5.32 Å². The number of allylic oxidation sites excluding steroid dienone is 2. The molecule has 0 spiro atoms. The molecule has 278 valence electrons. The zero-order valence-corrected chi connectivity index (χ0v) is 34.0. The highest BCUT2D eigenvalue weighted by atomic mass is 14.9. The Morgan fingerprint density at radius 3 is 2.09 bits per heavy atom. The zero-order valence-electron chi connectivity index (χ0n) is 34.0. The molecule has 5 aromatic rings. The number of hydrogen-bond acceptors (Lipinski definition) is 2. The van der Waals surface area contributed by atoms with E-state index in [1.54, 1.807) is 7.05 Å². The highest BCUT2D eigenvalue weighted by Crippen LogP contribution is 2.30. The second-order valence-corrected chi connectivity index (χ2v) is 12.8. The first-order valence-corrected chi connectivity index (χ1v) is 19.4. The quantitative estimate of drug-likeness (QED) is 0.136. The molecule has 1 atom stereocenters. The van der Waals surface area contributed by atoms with E-state index in [1.807, 2.05) is 38.3 Å². The minimum absolute atomic E-state index is 0.489. The maximum Gasteiger partial charge on any atom is 0.0343 e. The van der Waals surface area contributed by atoms with Gasteiger partial charge in [-0.05, 0) is 98.1 Å². The van der Waals surface area contributed by atoms with Gasteiger partial charge in [0.15, 0.2) is 0 Å². The summed E-state index contributed by atoms with van der Waals surface area (Å²) in [4.78, 5) is 3.73. The van der Waals surface area contributed by atoms with Crippen molar-refractivity contribution in [2.24, 2.45) is 4.99 Å². The first-order valence-electron chi connectivity index (χ1n) is 19.4. The Balaban J connectivity index is 0.000000872. The van der Waals surface area contributed by atoms with Crippen molar-refractivity contribution in [2.45, 2.75) is 80.6 Å². The molecule has 0 amide bonds. The van der Waals surface area contributed by atoms with Gasteiger partial charge < -0.3 is 10.3 Å². The summed E-state index contributed by atoms with van der Waals surface area (Å²) in [5.41, 5.74) is 9.48. The lowest BCUT2D eigenvalue weighted by Crippen LogP contribution is -2.25. The van der Waals surface area contributed by atoms with Crippen LogP contribution in [-0.4, -0.2) is 19.8 Å². The van der Waals surface area contributed by atoms with Gasteiger partial charge in [-0.15, -0.1) is 0 Å². The zero-order chi connectivity index (χ0) is 39.0. The summed E-state index contributed by atoms with van der Waals surface area (Å²) in [6.07, 6.45) is 14.1. The SMILES string of the molecule is C=C(NC/C=C/c1cccc(-c2ccccc2/C(C)=C/C=c2/cc(C(C)CC)c3ccccc3c2=C)c1)c1ccccc1.CC.CCC.CCC=NC. The van der Waals surface area contributed by atoms with E-state index in [-0.39, 0.29) is 0 Å². The van der Waals surface area contributed by atoms with Gasteiger partial charge in [0, 0.05) is 19.3 Å². The lowest BCUT2D eigenvalue weighted by molar-refractivity contribution is 0.739. The van der Waals surface area contributed by atoms with Crippen LogP contribution in [0.25, 0.3) is 51.9 Å². The molecular weight excluding hydrogens is 641 g/mol. The predicted molar refractivity (Wildman–Crippen MR) is 242 cm³/mol. The smallest absolute Gasteiger partial charge is 0.0343 e. The third-order valence-electron chi connectivity index (χ3n) is 8.66. The van der Waals surface area contributed by atoms with Crippen LogP contribution in [0.5, 0.6) is 0 Å². The van der Waals surface area contributed by atoms with E-state index in [2.05, 4.69) is 180 Å². The fraction of sp³-hybridized carbons (Fsp3) is 0.275. The van der Waals surface area contributed by atoms with E-state index in [0.29, 0.717) is 12.5 Å². The van der Waals surface area contributed by atoms with Gasteiger partial charge >= 0.3 is 0 Å². The summed E-state index contributed by atoms with van der Waals surface area (Å²) in [5, 5.41) is 8.22. The van der Waals surface area contributed by atoms with Crippen molar-refractivity contribution in [3.8, 4) is 11.1 Å². The van der Waals surface area contributed by atoms with E-state index in [4.69, 9.17) is 0 Å². The van der Waals surface area contributed by atoms with Crippen molar-refractivity contribution >= 4 is 47.0 Å². The monoisotopic (exact) mass is 705 g/mol. The standard InChI is InChI=1S/C42H41N.C4H9N.C3H8.C2H6/c1-6-30(2)42-29-36(32(4)39-22-11-13-24-41(39)42)26-25-31(3)38-21-10-12-23-40(38)37-20-14-16-34(28-37)17-15-27-43-33(5)35-18-8-7-9-19-35;1-3-4-5-2;1-3-2;1-2/h7-26,28-30,43H,4-6,27H2,1-3H3;4H,3H2,1-2H3;3H2,1-2H3;1-2H3/b17-15+,31-25+,36-26-;;;. The normalized spacial score (nSPS) is 11.9. The summed E-state index contributed by atoms with van der Waals surface area (Å²) in [6.45, 7) is 26.4. The molecule has 2 nitrogen and oxygen atoms in total. The minimum Gasteiger partial charge on any atom is -0.382 e. The van der Waals surface area contributed by atoms with Gasteiger partial charge in [-0.25, -0.2) is 0 Å². The van der Waals surface area contributed by atoms with Crippen LogP contribution in [-0.2, 0) is 0 Å². The van der Waals surface area contributed by atoms with Crippen LogP contribution in [0.15, 0.2) is 133 Å². The Hall–Kier alpha value is -5.21. The number of rotatable bonds is 11. The molecule has 0 saturated carbocycles. The van der Waals surface area contributed by atoms with Crippen molar-refractivity contribution in [3.63, 3.8) is 0 Å². The molecule has 5 rings (SSSR count). The minimum atomic E-state index is 0.489. The summed E-state index contributed by atoms with van der Waals surface area (Å²) in [5.74, 6) is 0.489. The Kier molecular flexibility index (Phi) is 20.6. The van der Waals surface area contributed by atoms with E-state index in [9.17, 15) is 0 Å². The van der Waals surface area contributed by atoms with Gasteiger partial charge in [-0.3, -0.25) is 0 Å². The number of fused-ring (bicyclic) bond motifs is 1. The van der Waals surface area contributed by atoms with Crippen LogP contribution < -0.4 is 15.8 Å². The van der Waals surface area contributed by atoms with Gasteiger partial charge in [0.2, 0.25) is 0 Å². The molecule has 0 radical (unpaired) electrons. The Morgan fingerprint density at radius 1 is 0.811 bits per heavy atom. The van der Waals surface area contributed by atoms with E-state index < -0.39 is 0 Å². The predicted octanol–water partition coefficient (Wildman–Crippen LogP) is 13.1. The van der Waals surface area contributed by atoms with Crippen molar-refractivity contribution in [1.29, 1.82) is 0 Å². The Bertz CT molecular complexity index is 2030. The van der Waals surface area contributed by atoms with Crippen LogP contribution in [0.1, 0.15) is 103 Å². The van der Waals surface area contributed by atoms with Crippen LogP contribution >= 0.6 is 0 Å². The summed E-state index contributed by atoms with van der Waals surface area (Å²) < 4.78 is 0. The van der Waals surface area contributed by atoms with E-state index in [1.165, 1.54) is 55.8 Å². The molecule has 0 aromatic heterocycles. The number of nitrogens with zero attached hydrogens (tertiary/aromatic N) is 1. The van der Waals surface area contributed by atoms with Gasteiger partial charge in [-0.2, -0.15) is 0 Å². The maximum absolute atomic E-state index is 4.48. The second-order valence-electron chi connectivity index (χ2n) is 12.8. The highest BCUT2D eigenvalue weighted by Gasteiger charge is 2.10. The average Bonchev–Trinajstić information content (AvgIpc) is 3.21. The molecule has 0 aliphatic heterocycles. The fourth-order valence-electron chi connectivity index (χ4n) is 5.76. The van der Waals surface area contributed by atoms with Gasteiger partial charge in [0.25, 0.3) is 0 Å². The molecule has 1 unspecified atom stereocenters. The largest absolute Gasteiger partial charge is 0.382 e. The van der Waals surface area contributed by atoms with Crippen molar-refractivity contribution in [2.75, 3.05) is 13.6 Å². The summed E-state index contributed by atoms with van der Waals surface area (Å²) in [6, 6.07) is 38.6. The topological polar surface area (TPSA) is 24.4 Å². The Labute approximate surface area is 322 Å². The van der Waals surface area contributed by atoms with Crippen molar-refractivity contribution in [3.05, 3.63) is 161 Å². The summed E-state index contributed by atoms with van der Waals surface area (Å²) in [7, 11) is 1.78. The van der Waals surface area contributed by atoms with E-state index >= 15 is 0 Å². The van der Waals surface area contributed by atoms with E-state index in [0.717, 1.165) is 29.3 Å². The number of benzene rings is 5. The third kappa shape index (κ3) is 13.7.